The Morgan fingerprint density at radius 2 is 1.93 bits per heavy atom. The quantitative estimate of drug-likeness (QED) is 0.432. The minimum Gasteiger partial charge on any atom is -0.485 e. The first-order valence-corrected chi connectivity index (χ1v) is 9.16. The molecule has 0 aliphatic heterocycles. The van der Waals surface area contributed by atoms with E-state index in [4.69, 9.17) is 16.3 Å². The molecule has 29 heavy (non-hydrogen) atoms. The van der Waals surface area contributed by atoms with E-state index in [9.17, 15) is 13.6 Å². The maximum atomic E-state index is 13.9. The van der Waals surface area contributed by atoms with Crippen molar-refractivity contribution in [1.82, 2.24) is 9.55 Å². The highest BCUT2D eigenvalue weighted by Crippen LogP contribution is 2.33. The average molecular weight is 413 g/mol. The maximum absolute atomic E-state index is 13.9. The molecule has 4 aromatic rings. The van der Waals surface area contributed by atoms with Gasteiger partial charge in [-0.25, -0.2) is 13.8 Å². The molecule has 2 heterocycles. The van der Waals surface area contributed by atoms with Crippen molar-refractivity contribution in [2.75, 3.05) is 0 Å². The molecule has 0 atom stereocenters. The van der Waals surface area contributed by atoms with Crippen molar-refractivity contribution >= 4 is 22.4 Å². The number of hydrogen-bond acceptors (Lipinski definition) is 3. The molecule has 0 amide bonds. The van der Waals surface area contributed by atoms with Gasteiger partial charge in [0.1, 0.15) is 18.2 Å². The SMILES string of the molecule is Cc1cccc(=O)n1-c1ccc2c(OCc3ccc(F)cc3F)c(Cl)ncc2c1. The number of nitrogens with zero attached hydrogens (tertiary/aromatic N) is 2. The molecule has 4 rings (SSSR count). The van der Waals surface area contributed by atoms with E-state index in [1.165, 1.54) is 12.1 Å². The first kappa shape index (κ1) is 19.1. The van der Waals surface area contributed by atoms with Crippen LogP contribution in [0.3, 0.4) is 0 Å². The van der Waals surface area contributed by atoms with Crippen LogP contribution in [0, 0.1) is 18.6 Å². The van der Waals surface area contributed by atoms with E-state index in [-0.39, 0.29) is 28.6 Å². The fourth-order valence-electron chi connectivity index (χ4n) is 3.15. The Hall–Kier alpha value is -3.25. The van der Waals surface area contributed by atoms with Crippen LogP contribution in [-0.4, -0.2) is 9.55 Å². The highest BCUT2D eigenvalue weighted by atomic mass is 35.5. The monoisotopic (exact) mass is 412 g/mol. The zero-order valence-electron chi connectivity index (χ0n) is 15.3. The van der Waals surface area contributed by atoms with Crippen molar-refractivity contribution in [3.8, 4) is 11.4 Å². The van der Waals surface area contributed by atoms with Crippen LogP contribution in [0.25, 0.3) is 16.5 Å². The van der Waals surface area contributed by atoms with Crippen LogP contribution < -0.4 is 10.3 Å². The fourth-order valence-corrected chi connectivity index (χ4v) is 3.35. The Morgan fingerprint density at radius 3 is 2.69 bits per heavy atom. The minimum atomic E-state index is -0.699. The summed E-state index contributed by atoms with van der Waals surface area (Å²) >= 11 is 6.20. The van der Waals surface area contributed by atoms with Crippen LogP contribution in [0.4, 0.5) is 8.78 Å². The number of pyridine rings is 2. The molecule has 146 valence electrons. The summed E-state index contributed by atoms with van der Waals surface area (Å²) in [5.41, 5.74) is 1.53. The minimum absolute atomic E-state index is 0.126. The molecule has 0 spiro atoms. The summed E-state index contributed by atoms with van der Waals surface area (Å²) in [5.74, 6) is -1.07. The van der Waals surface area contributed by atoms with E-state index < -0.39 is 11.6 Å². The second-order valence-corrected chi connectivity index (χ2v) is 6.87. The van der Waals surface area contributed by atoms with Gasteiger partial charge in [-0.15, -0.1) is 0 Å². The lowest BCUT2D eigenvalue weighted by Gasteiger charge is -2.14. The number of ether oxygens (including phenoxy) is 1. The Balaban J connectivity index is 1.73. The third-order valence-corrected chi connectivity index (χ3v) is 4.85. The van der Waals surface area contributed by atoms with E-state index in [0.29, 0.717) is 16.5 Å². The van der Waals surface area contributed by atoms with E-state index >= 15 is 0 Å². The molecular formula is C22H15ClF2N2O2. The number of aryl methyl sites for hydroxylation is 1. The Kier molecular flexibility index (Phi) is 5.03. The predicted octanol–water partition coefficient (Wildman–Crippen LogP) is 5.20. The molecular weight excluding hydrogens is 398 g/mol. The fraction of sp³-hybridized carbons (Fsp3) is 0.0909. The molecule has 0 unspecified atom stereocenters. The number of hydrogen-bond donors (Lipinski definition) is 0. The highest BCUT2D eigenvalue weighted by Gasteiger charge is 2.13. The number of aromatic nitrogens is 2. The highest BCUT2D eigenvalue weighted by molar-refractivity contribution is 6.32. The van der Waals surface area contributed by atoms with Gasteiger partial charge in [-0.05, 0) is 43.3 Å². The summed E-state index contributed by atoms with van der Waals surface area (Å²) in [6.45, 7) is 1.71. The van der Waals surface area contributed by atoms with Crippen molar-refractivity contribution in [2.24, 2.45) is 0 Å². The van der Waals surface area contributed by atoms with Gasteiger partial charge >= 0.3 is 0 Å². The smallest absolute Gasteiger partial charge is 0.255 e. The van der Waals surface area contributed by atoms with Crippen molar-refractivity contribution in [3.05, 3.63) is 99.2 Å². The lowest BCUT2D eigenvalue weighted by Crippen LogP contribution is -2.18. The average Bonchev–Trinajstić information content (AvgIpc) is 2.68. The van der Waals surface area contributed by atoms with Crippen LogP contribution >= 0.6 is 11.6 Å². The molecule has 7 heteroatoms. The van der Waals surface area contributed by atoms with Crippen LogP contribution in [-0.2, 0) is 6.61 Å². The topological polar surface area (TPSA) is 44.1 Å². The molecule has 0 N–H and O–H groups in total. The standard InChI is InChI=1S/C22H15ClF2N2O2/c1-13-3-2-4-20(28)27(13)17-7-8-18-15(9-17)11-26-22(23)21(18)29-12-14-5-6-16(24)10-19(14)25/h2-11H,12H2,1H3. The van der Waals surface area contributed by atoms with Crippen LogP contribution in [0.5, 0.6) is 5.75 Å². The van der Waals surface area contributed by atoms with Crippen molar-refractivity contribution in [1.29, 1.82) is 0 Å². The molecule has 2 aromatic carbocycles. The first-order valence-electron chi connectivity index (χ1n) is 8.78. The Morgan fingerprint density at radius 1 is 1.10 bits per heavy atom. The Bertz CT molecular complexity index is 1290. The Labute approximate surface area is 170 Å². The predicted molar refractivity (Wildman–Crippen MR) is 108 cm³/mol. The third-order valence-electron chi connectivity index (χ3n) is 4.58. The van der Waals surface area contributed by atoms with Gasteiger partial charge in [-0.2, -0.15) is 0 Å². The van der Waals surface area contributed by atoms with Gasteiger partial charge in [0.25, 0.3) is 5.56 Å². The first-order chi connectivity index (χ1) is 13.9. The summed E-state index contributed by atoms with van der Waals surface area (Å²) in [6, 6.07) is 13.7. The zero-order valence-corrected chi connectivity index (χ0v) is 16.1. The van der Waals surface area contributed by atoms with Gasteiger partial charge in [0.2, 0.25) is 0 Å². The van der Waals surface area contributed by atoms with Crippen molar-refractivity contribution < 1.29 is 13.5 Å². The van der Waals surface area contributed by atoms with Gasteiger partial charge in [0.05, 0.1) is 0 Å². The summed E-state index contributed by atoms with van der Waals surface area (Å²) in [4.78, 5) is 16.4. The third kappa shape index (κ3) is 3.71. The van der Waals surface area contributed by atoms with E-state index in [1.54, 1.807) is 35.0 Å². The molecule has 0 saturated carbocycles. The number of benzene rings is 2. The molecule has 0 radical (unpaired) electrons. The largest absolute Gasteiger partial charge is 0.485 e. The molecule has 0 bridgehead atoms. The van der Waals surface area contributed by atoms with E-state index in [1.807, 2.05) is 13.0 Å². The summed E-state index contributed by atoms with van der Waals surface area (Å²) in [7, 11) is 0. The molecule has 0 aliphatic rings. The van der Waals surface area contributed by atoms with Crippen LogP contribution in [0.1, 0.15) is 11.3 Å². The summed E-state index contributed by atoms with van der Waals surface area (Å²) < 4.78 is 34.3. The van der Waals surface area contributed by atoms with Crippen LogP contribution in [0.15, 0.2) is 65.6 Å². The molecule has 2 aromatic heterocycles. The normalized spacial score (nSPS) is 11.0. The van der Waals surface area contributed by atoms with E-state index in [2.05, 4.69) is 4.98 Å². The number of halogens is 3. The van der Waals surface area contributed by atoms with Gasteiger partial charge in [-0.3, -0.25) is 9.36 Å². The second-order valence-electron chi connectivity index (χ2n) is 6.51. The summed E-state index contributed by atoms with van der Waals surface area (Å²) in [5, 5.41) is 1.50. The molecule has 0 aliphatic carbocycles. The maximum Gasteiger partial charge on any atom is 0.255 e. The lowest BCUT2D eigenvalue weighted by atomic mass is 10.1. The van der Waals surface area contributed by atoms with E-state index in [0.717, 1.165) is 17.8 Å². The lowest BCUT2D eigenvalue weighted by molar-refractivity contribution is 0.302. The second kappa shape index (κ2) is 7.64. The molecule has 0 fully saturated rings. The van der Waals surface area contributed by atoms with Gasteiger partial charge in [-0.1, -0.05) is 17.7 Å². The molecule has 4 nitrogen and oxygen atoms in total. The summed E-state index contributed by atoms with van der Waals surface area (Å²) in [6.07, 6.45) is 1.58. The van der Waals surface area contributed by atoms with Gasteiger partial charge in [0, 0.05) is 46.0 Å². The zero-order chi connectivity index (χ0) is 20.5. The van der Waals surface area contributed by atoms with Crippen LogP contribution in [0.2, 0.25) is 5.15 Å². The number of rotatable bonds is 4. The van der Waals surface area contributed by atoms with Gasteiger partial charge < -0.3 is 4.74 Å². The van der Waals surface area contributed by atoms with Gasteiger partial charge in [0.15, 0.2) is 10.9 Å². The van der Waals surface area contributed by atoms with Crippen molar-refractivity contribution in [3.63, 3.8) is 0 Å². The van der Waals surface area contributed by atoms with Crippen molar-refractivity contribution in [2.45, 2.75) is 13.5 Å². The molecule has 0 saturated heterocycles. The number of fused-ring (bicyclic) bond motifs is 1.